The summed E-state index contributed by atoms with van der Waals surface area (Å²) in [4.78, 5) is 10.4. The summed E-state index contributed by atoms with van der Waals surface area (Å²) in [5.74, 6) is 3.24. The van der Waals surface area contributed by atoms with E-state index in [4.69, 9.17) is 19.4 Å². The number of hydrogen-bond acceptors (Lipinski definition) is 4. The van der Waals surface area contributed by atoms with Crippen LogP contribution in [0.1, 0.15) is 25.0 Å². The summed E-state index contributed by atoms with van der Waals surface area (Å²) < 4.78 is 15.9. The molecule has 0 amide bonds. The average molecular weight is 696 g/mol. The number of aromatic nitrogens is 3. The van der Waals surface area contributed by atoms with Crippen molar-refractivity contribution in [2.75, 3.05) is 0 Å². The van der Waals surface area contributed by atoms with Crippen molar-refractivity contribution < 1.29 is 9.47 Å². The van der Waals surface area contributed by atoms with Gasteiger partial charge in [0.25, 0.3) is 0 Å². The van der Waals surface area contributed by atoms with Crippen LogP contribution in [0, 0.1) is 0 Å². The highest BCUT2D eigenvalue weighted by atomic mass is 16.6. The molecule has 0 atom stereocenters. The van der Waals surface area contributed by atoms with E-state index in [9.17, 15) is 0 Å². The maximum absolute atomic E-state index is 6.97. The molecule has 5 nitrogen and oxygen atoms in total. The van der Waals surface area contributed by atoms with Gasteiger partial charge in [-0.2, -0.15) is 0 Å². The molecule has 0 saturated heterocycles. The fourth-order valence-electron chi connectivity index (χ4n) is 8.48. The zero-order valence-electron chi connectivity index (χ0n) is 29.7. The maximum Gasteiger partial charge on any atom is 0.181 e. The molecule has 54 heavy (non-hydrogen) atoms. The number of benzene rings is 7. The van der Waals surface area contributed by atoms with Crippen molar-refractivity contribution in [3.63, 3.8) is 0 Å². The first kappa shape index (κ1) is 30.6. The van der Waals surface area contributed by atoms with Crippen LogP contribution in [-0.2, 0) is 5.41 Å². The molecule has 0 fully saturated rings. The lowest BCUT2D eigenvalue weighted by molar-refractivity contribution is 0.361. The highest BCUT2D eigenvalue weighted by Gasteiger charge is 2.40. The number of nitrogens with zero attached hydrogens (tertiary/aromatic N) is 3. The van der Waals surface area contributed by atoms with Crippen molar-refractivity contribution in [2.45, 2.75) is 19.3 Å². The Balaban J connectivity index is 1.05. The minimum atomic E-state index is -0.163. The fraction of sp³-hybridized carbons (Fsp3) is 0.0612. The first-order valence-electron chi connectivity index (χ1n) is 18.3. The standard InChI is InChI=1S/C49H33N3O2/c1-49(2)37-19-9-6-17-35(37)45-38(49)27-28-44-47(45)54-46-36(18-12-22-43(46)53-44)48-50-39(30-13-4-3-5-14-30)29-40(51-48)31-23-25-32(26-24-31)52-41-20-10-7-15-33(41)34-16-8-11-21-42(34)52/h3-29H,1-2H3. The Hall–Kier alpha value is -6.98. The SMILES string of the molecule is CC1(C)c2ccccc2-c2c1ccc1c2Oc2c(cccc2-c2nc(-c3ccccc3)cc(-c3ccc(-n4c5ccccc5c5ccccc54)cc3)n2)O1. The van der Waals surface area contributed by atoms with E-state index in [-0.39, 0.29) is 5.41 Å². The minimum Gasteiger partial charge on any atom is -0.449 e. The third-order valence-electron chi connectivity index (χ3n) is 11.1. The topological polar surface area (TPSA) is 49.2 Å². The van der Waals surface area contributed by atoms with Gasteiger partial charge in [0, 0.05) is 38.6 Å². The normalized spacial score (nSPS) is 13.4. The molecular weight excluding hydrogens is 663 g/mol. The third kappa shape index (κ3) is 4.51. The quantitative estimate of drug-likeness (QED) is 0.184. The third-order valence-corrected chi connectivity index (χ3v) is 11.1. The van der Waals surface area contributed by atoms with E-state index in [1.807, 2.05) is 42.5 Å². The molecule has 0 spiro atoms. The second-order valence-electron chi connectivity index (χ2n) is 14.6. The van der Waals surface area contributed by atoms with Crippen LogP contribution >= 0.6 is 0 Å². The van der Waals surface area contributed by atoms with Crippen molar-refractivity contribution in [1.82, 2.24) is 14.5 Å². The van der Waals surface area contributed by atoms with Gasteiger partial charge in [0.1, 0.15) is 0 Å². The first-order chi connectivity index (χ1) is 26.5. The van der Waals surface area contributed by atoms with E-state index in [2.05, 4.69) is 140 Å². The Morgan fingerprint density at radius 1 is 0.481 bits per heavy atom. The van der Waals surface area contributed by atoms with Crippen molar-refractivity contribution >= 4 is 21.8 Å². The van der Waals surface area contributed by atoms with Crippen LogP contribution < -0.4 is 9.47 Å². The van der Waals surface area contributed by atoms with Gasteiger partial charge >= 0.3 is 0 Å². The fourth-order valence-corrected chi connectivity index (χ4v) is 8.48. The zero-order valence-corrected chi connectivity index (χ0v) is 29.7. The molecule has 0 bridgehead atoms. The summed E-state index contributed by atoms with van der Waals surface area (Å²) in [6.45, 7) is 4.54. The smallest absolute Gasteiger partial charge is 0.181 e. The van der Waals surface area contributed by atoms with Crippen molar-refractivity contribution in [2.24, 2.45) is 0 Å². The number of ether oxygens (including phenoxy) is 2. The van der Waals surface area contributed by atoms with Gasteiger partial charge in [-0.3, -0.25) is 0 Å². The van der Waals surface area contributed by atoms with Gasteiger partial charge in [0.05, 0.1) is 28.0 Å². The van der Waals surface area contributed by atoms with Crippen LogP contribution in [-0.4, -0.2) is 14.5 Å². The molecule has 256 valence electrons. The van der Waals surface area contributed by atoms with Crippen LogP contribution in [0.4, 0.5) is 0 Å². The molecule has 0 unspecified atom stereocenters. The summed E-state index contributed by atoms with van der Waals surface area (Å²) in [6.07, 6.45) is 0. The molecular formula is C49H33N3O2. The second kappa shape index (κ2) is 11.5. The largest absolute Gasteiger partial charge is 0.449 e. The first-order valence-corrected chi connectivity index (χ1v) is 18.3. The van der Waals surface area contributed by atoms with Crippen molar-refractivity contribution in [3.05, 3.63) is 175 Å². The zero-order chi connectivity index (χ0) is 36.0. The summed E-state index contributed by atoms with van der Waals surface area (Å²) in [5, 5.41) is 2.48. The summed E-state index contributed by atoms with van der Waals surface area (Å²) >= 11 is 0. The molecule has 0 radical (unpaired) electrons. The monoisotopic (exact) mass is 695 g/mol. The van der Waals surface area contributed by atoms with E-state index in [1.54, 1.807) is 0 Å². The molecule has 1 aliphatic heterocycles. The molecule has 3 heterocycles. The summed E-state index contributed by atoms with van der Waals surface area (Å²) in [5.41, 5.74) is 12.5. The van der Waals surface area contributed by atoms with Gasteiger partial charge in [-0.1, -0.05) is 129 Å². The highest BCUT2D eigenvalue weighted by Crippen LogP contribution is 2.59. The lowest BCUT2D eigenvalue weighted by Gasteiger charge is -2.26. The Bertz CT molecular complexity index is 2910. The van der Waals surface area contributed by atoms with Crippen LogP contribution in [0.25, 0.3) is 72.5 Å². The number of para-hydroxylation sites is 3. The Labute approximate surface area is 312 Å². The Morgan fingerprint density at radius 3 is 1.83 bits per heavy atom. The number of fused-ring (bicyclic) bond motifs is 9. The van der Waals surface area contributed by atoms with E-state index in [1.165, 1.54) is 38.5 Å². The molecule has 0 N–H and O–H groups in total. The van der Waals surface area contributed by atoms with Crippen molar-refractivity contribution in [3.8, 4) is 73.7 Å². The van der Waals surface area contributed by atoms with Crippen LogP contribution in [0.15, 0.2) is 164 Å². The van der Waals surface area contributed by atoms with Gasteiger partial charge in [-0.25, -0.2) is 9.97 Å². The number of hydrogen-bond donors (Lipinski definition) is 0. The predicted octanol–water partition coefficient (Wildman–Crippen LogP) is 12.8. The molecule has 2 aromatic heterocycles. The lowest BCUT2D eigenvalue weighted by Crippen LogP contribution is -2.15. The predicted molar refractivity (Wildman–Crippen MR) is 217 cm³/mol. The average Bonchev–Trinajstić information content (AvgIpc) is 3.68. The van der Waals surface area contributed by atoms with E-state index in [0.29, 0.717) is 23.1 Å². The van der Waals surface area contributed by atoms with Gasteiger partial charge in [0.2, 0.25) is 0 Å². The van der Waals surface area contributed by atoms with Gasteiger partial charge in [0.15, 0.2) is 28.8 Å². The molecule has 2 aliphatic rings. The van der Waals surface area contributed by atoms with Crippen LogP contribution in [0.2, 0.25) is 0 Å². The van der Waals surface area contributed by atoms with E-state index in [0.717, 1.165) is 45.1 Å². The highest BCUT2D eigenvalue weighted by molar-refractivity contribution is 6.09. The maximum atomic E-state index is 6.97. The molecule has 1 aliphatic carbocycles. The Morgan fingerprint density at radius 2 is 1.09 bits per heavy atom. The van der Waals surface area contributed by atoms with Crippen LogP contribution in [0.3, 0.4) is 0 Å². The van der Waals surface area contributed by atoms with E-state index < -0.39 is 0 Å². The van der Waals surface area contributed by atoms with Gasteiger partial charge in [-0.05, 0) is 65.2 Å². The summed E-state index contributed by atoms with van der Waals surface area (Å²) in [7, 11) is 0. The molecule has 7 aromatic carbocycles. The molecule has 11 rings (SSSR count). The van der Waals surface area contributed by atoms with Gasteiger partial charge in [-0.15, -0.1) is 0 Å². The van der Waals surface area contributed by atoms with Crippen LogP contribution in [0.5, 0.6) is 23.0 Å². The van der Waals surface area contributed by atoms with E-state index >= 15 is 0 Å². The Kier molecular flexibility index (Phi) is 6.53. The van der Waals surface area contributed by atoms with Gasteiger partial charge < -0.3 is 14.0 Å². The van der Waals surface area contributed by atoms with Crippen molar-refractivity contribution in [1.29, 1.82) is 0 Å². The minimum absolute atomic E-state index is 0.163. The number of rotatable bonds is 4. The second-order valence-corrected chi connectivity index (χ2v) is 14.6. The molecule has 0 saturated carbocycles. The molecule has 5 heteroatoms. The molecule has 9 aromatic rings. The lowest BCUT2D eigenvalue weighted by atomic mass is 9.82. The summed E-state index contributed by atoms with van der Waals surface area (Å²) in [6, 6.07) is 56.9.